The fourth-order valence-electron chi connectivity index (χ4n) is 1.48. The van der Waals surface area contributed by atoms with E-state index in [2.05, 4.69) is 0 Å². The Morgan fingerprint density at radius 3 is 1.80 bits per heavy atom. The molecule has 2 rings (SSSR count). The van der Waals surface area contributed by atoms with Crippen molar-refractivity contribution in [2.24, 2.45) is 0 Å². The van der Waals surface area contributed by atoms with Gasteiger partial charge in [0.2, 0.25) is 0 Å². The number of benzene rings is 2. The maximum Gasteiger partial charge on any atom is 0.488 e. The van der Waals surface area contributed by atoms with Crippen LogP contribution in [0.5, 0.6) is 0 Å². The van der Waals surface area contributed by atoms with Crippen molar-refractivity contribution in [3.8, 4) is 11.1 Å². The average molecular weight is 202 g/mol. The summed E-state index contributed by atoms with van der Waals surface area (Å²) >= 11 is 0. The quantitative estimate of drug-likeness (QED) is 0.725. The molecule has 0 aliphatic heterocycles. The molecule has 0 amide bonds. The van der Waals surface area contributed by atoms with E-state index in [1.165, 1.54) is 0 Å². The lowest BCUT2D eigenvalue weighted by Crippen LogP contribution is -2.29. The van der Waals surface area contributed by atoms with Crippen LogP contribution in [0.1, 0.15) is 2.85 Å². The van der Waals surface area contributed by atoms with Gasteiger partial charge in [0.1, 0.15) is 0 Å². The lowest BCUT2D eigenvalue weighted by atomic mass is 9.80. The van der Waals surface area contributed by atoms with Gasteiger partial charge < -0.3 is 10.0 Å². The van der Waals surface area contributed by atoms with Crippen molar-refractivity contribution in [2.75, 3.05) is 0 Å². The van der Waals surface area contributed by atoms with Gasteiger partial charge in [-0.1, -0.05) is 54.6 Å². The highest BCUT2D eigenvalue weighted by Gasteiger charge is 2.09. The van der Waals surface area contributed by atoms with Crippen molar-refractivity contribution in [3.05, 3.63) is 54.6 Å². The molecule has 0 saturated heterocycles. The van der Waals surface area contributed by atoms with Crippen LogP contribution >= 0.6 is 0 Å². The van der Waals surface area contributed by atoms with Gasteiger partial charge in [-0.15, -0.1) is 0 Å². The largest absolute Gasteiger partial charge is 0.488 e. The summed E-state index contributed by atoms with van der Waals surface area (Å²) in [7, 11) is -1.39. The Balaban J connectivity index is 0.00000128. The van der Waals surface area contributed by atoms with Crippen molar-refractivity contribution < 1.29 is 12.9 Å². The molecule has 0 aliphatic rings. The molecule has 0 atom stereocenters. The lowest BCUT2D eigenvalue weighted by molar-refractivity contribution is 0.426. The van der Waals surface area contributed by atoms with E-state index in [-0.39, 0.29) is 2.85 Å². The lowest BCUT2D eigenvalue weighted by Gasteiger charge is -2.03. The molecule has 2 nitrogen and oxygen atoms in total. The van der Waals surface area contributed by atoms with Crippen LogP contribution in [0.2, 0.25) is 0 Å². The molecule has 0 spiro atoms. The second-order valence-electron chi connectivity index (χ2n) is 3.36. The van der Waals surface area contributed by atoms with Gasteiger partial charge in [-0.05, 0) is 16.6 Å². The van der Waals surface area contributed by atoms with Crippen LogP contribution in [0, 0.1) is 0 Å². The smallest absolute Gasteiger partial charge is 0.423 e. The third-order valence-electron chi connectivity index (χ3n) is 2.32. The number of hydrogen-bond donors (Lipinski definition) is 2. The molecule has 78 valence electrons. The Hall–Kier alpha value is -1.58. The summed E-state index contributed by atoms with van der Waals surface area (Å²) in [6.45, 7) is 0. The minimum Gasteiger partial charge on any atom is -0.423 e. The summed E-state index contributed by atoms with van der Waals surface area (Å²) in [6.07, 6.45) is 0. The second-order valence-corrected chi connectivity index (χ2v) is 3.36. The first-order valence-electron chi connectivity index (χ1n) is 4.79. The first-order valence-corrected chi connectivity index (χ1v) is 4.79. The molecule has 0 bridgehead atoms. The van der Waals surface area contributed by atoms with E-state index in [9.17, 15) is 0 Å². The molecule has 0 radical (unpaired) electrons. The van der Waals surface area contributed by atoms with Crippen LogP contribution in [0.15, 0.2) is 54.6 Å². The number of rotatable bonds is 2. The Morgan fingerprint density at radius 1 is 0.733 bits per heavy atom. The fourth-order valence-corrected chi connectivity index (χ4v) is 1.48. The van der Waals surface area contributed by atoms with Crippen LogP contribution in [0.4, 0.5) is 0 Å². The van der Waals surface area contributed by atoms with Gasteiger partial charge in [0.05, 0.1) is 0 Å². The first-order chi connectivity index (χ1) is 7.27. The molecular formula is C12H15BO2. The van der Waals surface area contributed by atoms with Gasteiger partial charge in [0, 0.05) is 2.85 Å². The van der Waals surface area contributed by atoms with Gasteiger partial charge in [0.25, 0.3) is 0 Å². The van der Waals surface area contributed by atoms with Gasteiger partial charge in [-0.25, -0.2) is 0 Å². The van der Waals surface area contributed by atoms with Crippen LogP contribution in [0.3, 0.4) is 0 Å². The molecule has 0 saturated carbocycles. The molecule has 3 heteroatoms. The van der Waals surface area contributed by atoms with Gasteiger partial charge in [0.15, 0.2) is 0 Å². The molecule has 2 aromatic rings. The van der Waals surface area contributed by atoms with Crippen LogP contribution in [-0.4, -0.2) is 17.2 Å². The number of hydrogen-bond acceptors (Lipinski definition) is 2. The summed E-state index contributed by atoms with van der Waals surface area (Å²) in [4.78, 5) is 0. The molecular weight excluding hydrogens is 187 g/mol. The summed E-state index contributed by atoms with van der Waals surface area (Å²) in [5.74, 6) is 0. The molecule has 2 N–H and O–H groups in total. The summed E-state index contributed by atoms with van der Waals surface area (Å²) < 4.78 is 0. The van der Waals surface area contributed by atoms with Crippen molar-refractivity contribution in [2.45, 2.75) is 0 Å². The van der Waals surface area contributed by atoms with Crippen LogP contribution in [-0.2, 0) is 0 Å². The zero-order chi connectivity index (χ0) is 10.7. The highest BCUT2D eigenvalue weighted by Crippen LogP contribution is 2.16. The maximum absolute atomic E-state index is 8.94. The summed E-state index contributed by atoms with van der Waals surface area (Å²) in [5.41, 5.74) is 2.70. The third-order valence-corrected chi connectivity index (χ3v) is 2.32. The zero-order valence-corrected chi connectivity index (χ0v) is 8.17. The Labute approximate surface area is 91.9 Å². The van der Waals surface area contributed by atoms with Crippen LogP contribution in [0.25, 0.3) is 11.1 Å². The minimum atomic E-state index is -1.39. The normalized spacial score (nSPS) is 10.0. The van der Waals surface area contributed by atoms with E-state index >= 15 is 0 Å². The Bertz CT molecular complexity index is 432. The topological polar surface area (TPSA) is 40.5 Å². The fraction of sp³-hybridized carbons (Fsp3) is 0. The monoisotopic (exact) mass is 202 g/mol. The van der Waals surface area contributed by atoms with E-state index in [1.807, 2.05) is 42.5 Å². The standard InChI is InChI=1S/C12H11BO2.2H2/c14-13(15)12-8-6-11(7-9-12)10-4-2-1-3-5-10;;/h1-9,14-15H;2*1H. The zero-order valence-electron chi connectivity index (χ0n) is 8.17. The maximum atomic E-state index is 8.94. The van der Waals surface area contributed by atoms with Gasteiger partial charge in [-0.2, -0.15) is 0 Å². The SMILES string of the molecule is OB(O)c1ccc(-c2ccccc2)cc1.[HH].[HH]. The highest BCUT2D eigenvalue weighted by molar-refractivity contribution is 6.58. The first kappa shape index (κ1) is 9.96. The van der Waals surface area contributed by atoms with Crippen molar-refractivity contribution in [3.63, 3.8) is 0 Å². The summed E-state index contributed by atoms with van der Waals surface area (Å²) in [6, 6.07) is 17.1. The second kappa shape index (κ2) is 4.30. The molecule has 0 heterocycles. The predicted molar refractivity (Wildman–Crippen MR) is 65.9 cm³/mol. The van der Waals surface area contributed by atoms with Gasteiger partial charge in [-0.3, -0.25) is 0 Å². The molecule has 0 aromatic heterocycles. The van der Waals surface area contributed by atoms with Gasteiger partial charge >= 0.3 is 7.12 Å². The van der Waals surface area contributed by atoms with Crippen molar-refractivity contribution in [1.82, 2.24) is 0 Å². The molecule has 0 fully saturated rings. The minimum absolute atomic E-state index is 0. The highest BCUT2D eigenvalue weighted by atomic mass is 16.4. The van der Waals surface area contributed by atoms with E-state index in [4.69, 9.17) is 10.0 Å². The van der Waals surface area contributed by atoms with E-state index in [0.717, 1.165) is 11.1 Å². The Morgan fingerprint density at radius 2 is 1.27 bits per heavy atom. The molecule has 0 unspecified atom stereocenters. The van der Waals surface area contributed by atoms with E-state index in [0.29, 0.717) is 5.46 Å². The average Bonchev–Trinajstić information content (AvgIpc) is 2.30. The molecule has 2 aromatic carbocycles. The summed E-state index contributed by atoms with van der Waals surface area (Å²) in [5, 5.41) is 17.9. The Kier molecular flexibility index (Phi) is 2.85. The van der Waals surface area contributed by atoms with Crippen molar-refractivity contribution >= 4 is 12.6 Å². The van der Waals surface area contributed by atoms with Crippen molar-refractivity contribution in [1.29, 1.82) is 0 Å². The predicted octanol–water partition coefficient (Wildman–Crippen LogP) is 1.53. The van der Waals surface area contributed by atoms with Crippen LogP contribution < -0.4 is 5.46 Å². The van der Waals surface area contributed by atoms with E-state index < -0.39 is 7.12 Å². The third kappa shape index (κ3) is 2.26. The molecule has 15 heavy (non-hydrogen) atoms. The molecule has 0 aliphatic carbocycles. The van der Waals surface area contributed by atoms with E-state index in [1.54, 1.807) is 12.1 Å².